The van der Waals surface area contributed by atoms with Crippen molar-refractivity contribution < 1.29 is 19.1 Å². The van der Waals surface area contributed by atoms with Crippen LogP contribution in [-0.4, -0.2) is 35.4 Å². The van der Waals surface area contributed by atoms with Crippen LogP contribution in [0.1, 0.15) is 58.4 Å². The topological polar surface area (TPSA) is 97.4 Å². The third kappa shape index (κ3) is 4.34. The molecule has 0 fully saturated rings. The number of aromatic nitrogens is 1. The Kier molecular flexibility index (Phi) is 5.24. The van der Waals surface area contributed by atoms with E-state index in [1.54, 1.807) is 26.8 Å². The van der Waals surface area contributed by atoms with Gasteiger partial charge in [-0.1, -0.05) is 18.7 Å². The summed E-state index contributed by atoms with van der Waals surface area (Å²) >= 11 is 0. The number of pyridine rings is 1. The molecule has 2 amide bonds. The van der Waals surface area contributed by atoms with Crippen LogP contribution in [0, 0.1) is 0 Å². The zero-order valence-corrected chi connectivity index (χ0v) is 16.9. The van der Waals surface area contributed by atoms with Crippen LogP contribution in [0.3, 0.4) is 0 Å². The molecule has 29 heavy (non-hydrogen) atoms. The highest BCUT2D eigenvalue weighted by molar-refractivity contribution is 6.02. The Morgan fingerprint density at radius 2 is 1.90 bits per heavy atom. The van der Waals surface area contributed by atoms with Crippen LogP contribution in [0.25, 0.3) is 5.57 Å². The van der Waals surface area contributed by atoms with Gasteiger partial charge in [0.1, 0.15) is 11.3 Å². The van der Waals surface area contributed by atoms with E-state index in [9.17, 15) is 14.4 Å². The molecule has 0 saturated heterocycles. The number of nitrogens with one attached hydrogen (secondary N) is 2. The lowest BCUT2D eigenvalue weighted by molar-refractivity contribution is -0.115. The average Bonchev–Trinajstić information content (AvgIpc) is 3.05. The Morgan fingerprint density at radius 1 is 1.21 bits per heavy atom. The zero-order chi connectivity index (χ0) is 21.3. The zero-order valence-electron chi connectivity index (χ0n) is 16.9. The van der Waals surface area contributed by atoms with Crippen LogP contribution in [0.15, 0.2) is 36.9 Å². The number of ether oxygens (including phenoxy) is 1. The molecule has 3 rings (SSSR count). The van der Waals surface area contributed by atoms with E-state index < -0.39 is 17.5 Å². The molecule has 1 aliphatic rings. The lowest BCUT2D eigenvalue weighted by Gasteiger charge is -2.20. The Bertz CT molecular complexity index is 1030. The molecular formula is C22H23N3O4. The molecule has 1 aromatic heterocycles. The van der Waals surface area contributed by atoms with Gasteiger partial charge in [0, 0.05) is 18.3 Å². The number of amides is 2. The van der Waals surface area contributed by atoms with Crippen LogP contribution in [0.4, 0.5) is 5.69 Å². The molecule has 1 aliphatic heterocycles. The second kappa shape index (κ2) is 7.50. The van der Waals surface area contributed by atoms with Gasteiger partial charge in [-0.2, -0.15) is 0 Å². The van der Waals surface area contributed by atoms with E-state index in [4.69, 9.17) is 4.74 Å². The van der Waals surface area contributed by atoms with Gasteiger partial charge >= 0.3 is 5.97 Å². The summed E-state index contributed by atoms with van der Waals surface area (Å²) in [5, 5.41) is 5.31. The first-order chi connectivity index (χ1) is 13.6. The summed E-state index contributed by atoms with van der Waals surface area (Å²) in [6.45, 7) is 9.41. The minimum atomic E-state index is -0.684. The van der Waals surface area contributed by atoms with E-state index in [-0.39, 0.29) is 23.6 Å². The van der Waals surface area contributed by atoms with E-state index in [0.29, 0.717) is 11.3 Å². The number of benzene rings is 1. The average molecular weight is 393 g/mol. The van der Waals surface area contributed by atoms with E-state index in [1.807, 2.05) is 18.2 Å². The third-order valence-corrected chi connectivity index (χ3v) is 4.34. The summed E-state index contributed by atoms with van der Waals surface area (Å²) in [5.41, 5.74) is 2.74. The van der Waals surface area contributed by atoms with Crippen molar-refractivity contribution in [3.63, 3.8) is 0 Å². The van der Waals surface area contributed by atoms with Crippen molar-refractivity contribution in [1.29, 1.82) is 0 Å². The second-order valence-corrected chi connectivity index (χ2v) is 7.74. The number of carbonyl (C=O) groups excluding carboxylic acids is 3. The van der Waals surface area contributed by atoms with Gasteiger partial charge < -0.3 is 15.4 Å². The van der Waals surface area contributed by atoms with Gasteiger partial charge in [0.25, 0.3) is 5.91 Å². The normalized spacial score (nSPS) is 12.8. The van der Waals surface area contributed by atoms with Gasteiger partial charge in [-0.25, -0.2) is 9.78 Å². The predicted molar refractivity (Wildman–Crippen MR) is 110 cm³/mol. The quantitative estimate of drug-likeness (QED) is 0.779. The van der Waals surface area contributed by atoms with E-state index in [2.05, 4.69) is 22.2 Å². The fourth-order valence-electron chi connectivity index (χ4n) is 3.05. The molecular weight excluding hydrogens is 370 g/mol. The standard InChI is InChI=1S/C22H23N3O4/c1-12(14-7-6-8-16-15(14)11-19(26)25-16)17-9-13(21(28)29-22(2,3)4)10-18(24-17)20(27)23-5/h6-10H,1,11H2,2-5H3,(H,23,27)(H,25,26). The van der Waals surface area contributed by atoms with Gasteiger partial charge in [-0.15, -0.1) is 0 Å². The van der Waals surface area contributed by atoms with Crippen molar-refractivity contribution in [2.24, 2.45) is 0 Å². The summed E-state index contributed by atoms with van der Waals surface area (Å²) in [6.07, 6.45) is 0.235. The molecule has 7 nitrogen and oxygen atoms in total. The smallest absolute Gasteiger partial charge is 0.338 e. The highest BCUT2D eigenvalue weighted by Crippen LogP contribution is 2.33. The largest absolute Gasteiger partial charge is 0.456 e. The summed E-state index contributed by atoms with van der Waals surface area (Å²) < 4.78 is 5.44. The number of hydrogen-bond acceptors (Lipinski definition) is 5. The number of esters is 1. The lowest BCUT2D eigenvalue weighted by Crippen LogP contribution is -2.25. The van der Waals surface area contributed by atoms with Crippen molar-refractivity contribution in [1.82, 2.24) is 10.3 Å². The fraction of sp³-hybridized carbons (Fsp3) is 0.273. The first-order valence-electron chi connectivity index (χ1n) is 9.18. The molecule has 0 atom stereocenters. The number of rotatable bonds is 4. The van der Waals surface area contributed by atoms with Gasteiger partial charge in [-0.05, 0) is 50.1 Å². The number of hydrogen-bond donors (Lipinski definition) is 2. The van der Waals surface area contributed by atoms with Crippen LogP contribution in [0.2, 0.25) is 0 Å². The third-order valence-electron chi connectivity index (χ3n) is 4.34. The molecule has 2 heterocycles. The molecule has 0 aliphatic carbocycles. The van der Waals surface area contributed by atoms with Crippen molar-refractivity contribution in [3.8, 4) is 0 Å². The molecule has 0 spiro atoms. The summed E-state index contributed by atoms with van der Waals surface area (Å²) in [6, 6.07) is 8.40. The Labute approximate surface area is 169 Å². The van der Waals surface area contributed by atoms with Gasteiger partial charge in [-0.3, -0.25) is 9.59 Å². The minimum Gasteiger partial charge on any atom is -0.456 e. The van der Waals surface area contributed by atoms with Gasteiger partial charge in [0.15, 0.2) is 0 Å². The van der Waals surface area contributed by atoms with Crippen molar-refractivity contribution in [3.05, 3.63) is 65.0 Å². The van der Waals surface area contributed by atoms with Crippen LogP contribution in [-0.2, 0) is 16.0 Å². The first kappa shape index (κ1) is 20.3. The van der Waals surface area contributed by atoms with E-state index in [0.717, 1.165) is 16.8 Å². The maximum Gasteiger partial charge on any atom is 0.338 e. The molecule has 2 N–H and O–H groups in total. The molecule has 1 aromatic carbocycles. The molecule has 0 bridgehead atoms. The number of anilines is 1. The van der Waals surface area contributed by atoms with E-state index in [1.165, 1.54) is 13.1 Å². The van der Waals surface area contributed by atoms with Crippen LogP contribution in [0.5, 0.6) is 0 Å². The van der Waals surface area contributed by atoms with Crippen molar-refractivity contribution >= 4 is 29.0 Å². The van der Waals surface area contributed by atoms with Gasteiger partial charge in [0.05, 0.1) is 17.7 Å². The SMILES string of the molecule is C=C(c1cc(C(=O)OC(C)(C)C)cc(C(=O)NC)n1)c1cccc2c1CC(=O)N2. The Morgan fingerprint density at radius 3 is 2.55 bits per heavy atom. The van der Waals surface area contributed by atoms with Crippen molar-refractivity contribution in [2.45, 2.75) is 32.8 Å². The molecule has 0 saturated carbocycles. The minimum absolute atomic E-state index is 0.0776. The summed E-state index contributed by atoms with van der Waals surface area (Å²) in [5.74, 6) is -1.09. The monoisotopic (exact) mass is 393 g/mol. The van der Waals surface area contributed by atoms with Crippen LogP contribution >= 0.6 is 0 Å². The molecule has 150 valence electrons. The van der Waals surface area contributed by atoms with Crippen molar-refractivity contribution in [2.75, 3.05) is 12.4 Å². The summed E-state index contributed by atoms with van der Waals surface area (Å²) in [4.78, 5) is 41.0. The maximum atomic E-state index is 12.6. The number of nitrogens with zero attached hydrogens (tertiary/aromatic N) is 1. The molecule has 0 unspecified atom stereocenters. The predicted octanol–water partition coefficient (Wildman–Crippen LogP) is 2.95. The first-order valence-corrected chi connectivity index (χ1v) is 9.18. The Balaban J connectivity index is 2.07. The Hall–Kier alpha value is -3.48. The molecule has 7 heteroatoms. The van der Waals surface area contributed by atoms with E-state index >= 15 is 0 Å². The summed E-state index contributed by atoms with van der Waals surface area (Å²) in [7, 11) is 1.49. The lowest BCUT2D eigenvalue weighted by atomic mass is 9.95. The number of carbonyl (C=O) groups is 3. The molecule has 0 radical (unpaired) electrons. The highest BCUT2D eigenvalue weighted by atomic mass is 16.6. The highest BCUT2D eigenvalue weighted by Gasteiger charge is 2.24. The van der Waals surface area contributed by atoms with Gasteiger partial charge in [0.2, 0.25) is 5.91 Å². The maximum absolute atomic E-state index is 12.6. The van der Waals surface area contributed by atoms with Crippen LogP contribution < -0.4 is 10.6 Å². The number of fused-ring (bicyclic) bond motifs is 1. The second-order valence-electron chi connectivity index (χ2n) is 7.74. The fourth-order valence-corrected chi connectivity index (χ4v) is 3.05. The molecule has 2 aromatic rings.